The molecule has 1 N–H and O–H groups in total. The maximum atomic E-state index is 12.9. The average Bonchev–Trinajstić information content (AvgIpc) is 2.91. The third-order valence-corrected chi connectivity index (χ3v) is 3.96. The Morgan fingerprint density at radius 1 is 1.24 bits per heavy atom. The highest BCUT2D eigenvalue weighted by Gasteiger charge is 2.26. The minimum absolute atomic E-state index is 0.0195. The zero-order chi connectivity index (χ0) is 18.1. The number of para-hydroxylation sites is 1. The lowest BCUT2D eigenvalue weighted by atomic mass is 10.0. The van der Waals surface area contributed by atoms with Gasteiger partial charge in [-0.15, -0.1) is 0 Å². The molecule has 0 aliphatic heterocycles. The van der Waals surface area contributed by atoms with Crippen LogP contribution in [0.4, 0.5) is 5.82 Å². The summed E-state index contributed by atoms with van der Waals surface area (Å²) in [6, 6.07) is 10.6. The molecule has 1 aromatic carbocycles. The van der Waals surface area contributed by atoms with Crippen LogP contribution in [0.3, 0.4) is 0 Å². The molecule has 25 heavy (non-hydrogen) atoms. The number of aromatic nitrogens is 2. The van der Waals surface area contributed by atoms with Crippen LogP contribution in [0.5, 0.6) is 5.75 Å². The van der Waals surface area contributed by atoms with Gasteiger partial charge in [-0.3, -0.25) is 4.79 Å². The number of Topliss-reactive ketones (excluding diaryl/α,β-unsaturated/α-hetero) is 1. The van der Waals surface area contributed by atoms with E-state index in [1.54, 1.807) is 19.9 Å². The number of hydrogen-bond donors (Lipinski definition) is 1. The second kappa shape index (κ2) is 6.35. The number of fused-ring (bicyclic) bond motifs is 1. The Bertz CT molecular complexity index is 978. The van der Waals surface area contributed by atoms with E-state index in [2.05, 4.69) is 9.97 Å². The molecule has 0 fully saturated rings. The molecule has 0 spiro atoms. The van der Waals surface area contributed by atoms with Gasteiger partial charge < -0.3 is 19.8 Å². The number of ketones is 1. The van der Waals surface area contributed by atoms with Crippen LogP contribution in [0.15, 0.2) is 36.4 Å². The van der Waals surface area contributed by atoms with E-state index in [9.17, 15) is 14.9 Å². The van der Waals surface area contributed by atoms with Gasteiger partial charge in [-0.05, 0) is 42.0 Å². The van der Waals surface area contributed by atoms with Gasteiger partial charge in [0.25, 0.3) is 0 Å². The molecule has 0 bridgehead atoms. The van der Waals surface area contributed by atoms with Gasteiger partial charge in [0, 0.05) is 29.1 Å². The van der Waals surface area contributed by atoms with Crippen molar-refractivity contribution in [2.45, 2.75) is 26.9 Å². The third-order valence-electron chi connectivity index (χ3n) is 3.96. The number of nitrogens with one attached hydrogen (secondary N) is 1. The predicted molar refractivity (Wildman–Crippen MR) is 93.1 cm³/mol. The summed E-state index contributed by atoms with van der Waals surface area (Å²) in [5.41, 5.74) is 2.63. The van der Waals surface area contributed by atoms with Crippen LogP contribution < -0.4 is 4.74 Å². The summed E-state index contributed by atoms with van der Waals surface area (Å²) in [7, 11) is 0. The summed E-state index contributed by atoms with van der Waals surface area (Å²) in [5, 5.41) is 12.0. The van der Waals surface area contributed by atoms with Gasteiger partial charge in [-0.2, -0.15) is 0 Å². The first-order chi connectivity index (χ1) is 11.9. The molecule has 1 atom stereocenters. The topological polar surface area (TPSA) is 98.1 Å². The largest absolute Gasteiger partial charge is 0.474 e. The highest BCUT2D eigenvalue weighted by Crippen LogP contribution is 2.28. The number of carbonyl (C=O) groups is 1. The summed E-state index contributed by atoms with van der Waals surface area (Å²) in [4.78, 5) is 30.4. The molecule has 7 heteroatoms. The molecule has 0 aliphatic rings. The number of carbonyl (C=O) groups excluding carboxylic acids is 1. The number of benzene rings is 1. The van der Waals surface area contributed by atoms with Crippen molar-refractivity contribution in [1.29, 1.82) is 0 Å². The molecular formula is C18H17N3O4. The maximum absolute atomic E-state index is 12.9. The Kier molecular flexibility index (Phi) is 4.22. The van der Waals surface area contributed by atoms with E-state index in [4.69, 9.17) is 4.74 Å². The third kappa shape index (κ3) is 3.08. The summed E-state index contributed by atoms with van der Waals surface area (Å²) in [6.45, 7) is 5.05. The van der Waals surface area contributed by atoms with E-state index in [-0.39, 0.29) is 11.5 Å². The maximum Gasteiger partial charge on any atom is 0.406 e. The lowest BCUT2D eigenvalue weighted by molar-refractivity contribution is -0.390. The van der Waals surface area contributed by atoms with Crippen molar-refractivity contribution >= 4 is 22.5 Å². The van der Waals surface area contributed by atoms with Crippen molar-refractivity contribution in [2.24, 2.45) is 0 Å². The van der Waals surface area contributed by atoms with Crippen molar-refractivity contribution in [2.75, 3.05) is 0 Å². The second-order valence-electron chi connectivity index (χ2n) is 5.83. The SMILES string of the molecule is Cc1ccc(OC(C)C(=O)c2c(C)[nH]c3ccccc23)c([N+](=O)[O-])n1. The van der Waals surface area contributed by atoms with E-state index in [0.717, 1.165) is 16.6 Å². The molecule has 0 aliphatic carbocycles. The Morgan fingerprint density at radius 2 is 1.96 bits per heavy atom. The summed E-state index contributed by atoms with van der Waals surface area (Å²) in [5.74, 6) is -0.658. The summed E-state index contributed by atoms with van der Waals surface area (Å²) in [6.07, 6.45) is -0.888. The number of aryl methyl sites for hydroxylation is 2. The zero-order valence-corrected chi connectivity index (χ0v) is 14.1. The predicted octanol–water partition coefficient (Wildman–Crippen LogP) is 3.74. The molecule has 0 amide bonds. The van der Waals surface area contributed by atoms with Crippen LogP contribution in [0.1, 0.15) is 28.7 Å². The van der Waals surface area contributed by atoms with Crippen LogP contribution in [-0.2, 0) is 0 Å². The van der Waals surface area contributed by atoms with E-state index >= 15 is 0 Å². The number of aromatic amines is 1. The van der Waals surface area contributed by atoms with Gasteiger partial charge in [0.1, 0.15) is 5.69 Å². The Morgan fingerprint density at radius 3 is 2.68 bits per heavy atom. The van der Waals surface area contributed by atoms with Crippen LogP contribution in [0.2, 0.25) is 0 Å². The van der Waals surface area contributed by atoms with Crippen molar-refractivity contribution in [3.63, 3.8) is 0 Å². The number of pyridine rings is 1. The van der Waals surface area contributed by atoms with E-state index in [1.807, 2.05) is 31.2 Å². The fourth-order valence-corrected chi connectivity index (χ4v) is 2.79. The van der Waals surface area contributed by atoms with Crippen LogP contribution in [0, 0.1) is 24.0 Å². The average molecular weight is 339 g/mol. The Balaban J connectivity index is 1.94. The van der Waals surface area contributed by atoms with Crippen molar-refractivity contribution < 1.29 is 14.5 Å². The smallest absolute Gasteiger partial charge is 0.406 e. The molecule has 7 nitrogen and oxygen atoms in total. The minimum Gasteiger partial charge on any atom is -0.474 e. The molecule has 128 valence electrons. The van der Waals surface area contributed by atoms with E-state index in [0.29, 0.717) is 11.3 Å². The van der Waals surface area contributed by atoms with Crippen molar-refractivity contribution in [3.8, 4) is 5.75 Å². The monoisotopic (exact) mass is 339 g/mol. The van der Waals surface area contributed by atoms with Gasteiger partial charge in [0.15, 0.2) is 6.10 Å². The van der Waals surface area contributed by atoms with Gasteiger partial charge in [-0.25, -0.2) is 0 Å². The van der Waals surface area contributed by atoms with Gasteiger partial charge in [-0.1, -0.05) is 18.2 Å². The molecule has 0 saturated heterocycles. The standard InChI is InChI=1S/C18H17N3O4/c1-10-8-9-15(18(19-10)21(23)24)25-12(3)17(22)16-11(2)20-14-7-5-4-6-13(14)16/h4-9,12,20H,1-3H3. The molecular weight excluding hydrogens is 322 g/mol. The lowest BCUT2D eigenvalue weighted by Gasteiger charge is -2.13. The molecule has 3 rings (SSSR count). The quantitative estimate of drug-likeness (QED) is 0.434. The van der Waals surface area contributed by atoms with E-state index in [1.165, 1.54) is 6.07 Å². The first-order valence-corrected chi connectivity index (χ1v) is 7.78. The molecule has 3 aromatic rings. The number of nitrogens with zero attached hydrogens (tertiary/aromatic N) is 2. The molecule has 1 unspecified atom stereocenters. The number of nitro groups is 1. The van der Waals surface area contributed by atoms with Gasteiger partial charge >= 0.3 is 5.82 Å². The van der Waals surface area contributed by atoms with Crippen molar-refractivity contribution in [3.05, 3.63) is 63.5 Å². The van der Waals surface area contributed by atoms with Gasteiger partial charge in [0.05, 0.1) is 0 Å². The normalized spacial score (nSPS) is 12.1. The first-order valence-electron chi connectivity index (χ1n) is 7.78. The first kappa shape index (κ1) is 16.6. The highest BCUT2D eigenvalue weighted by molar-refractivity contribution is 6.11. The lowest BCUT2D eigenvalue weighted by Crippen LogP contribution is -2.25. The van der Waals surface area contributed by atoms with Gasteiger partial charge in [0.2, 0.25) is 11.5 Å². The molecule has 0 saturated carbocycles. The summed E-state index contributed by atoms with van der Waals surface area (Å²) >= 11 is 0. The number of H-pyrrole nitrogens is 1. The number of ether oxygens (including phenoxy) is 1. The van der Waals surface area contributed by atoms with Crippen LogP contribution in [0.25, 0.3) is 10.9 Å². The highest BCUT2D eigenvalue weighted by atomic mass is 16.6. The molecule has 0 radical (unpaired) electrons. The molecule has 2 aromatic heterocycles. The van der Waals surface area contributed by atoms with E-state index < -0.39 is 16.8 Å². The second-order valence-corrected chi connectivity index (χ2v) is 5.83. The minimum atomic E-state index is -0.888. The fourth-order valence-electron chi connectivity index (χ4n) is 2.79. The zero-order valence-electron chi connectivity index (χ0n) is 14.1. The molecule has 2 heterocycles. The van der Waals surface area contributed by atoms with Crippen LogP contribution in [-0.4, -0.2) is 26.8 Å². The fraction of sp³-hybridized carbons (Fsp3) is 0.222. The number of rotatable bonds is 5. The number of hydrogen-bond acceptors (Lipinski definition) is 5. The van der Waals surface area contributed by atoms with Crippen LogP contribution >= 0.6 is 0 Å². The Labute approximate surface area is 143 Å². The summed E-state index contributed by atoms with van der Waals surface area (Å²) < 4.78 is 5.58. The van der Waals surface area contributed by atoms with Crippen molar-refractivity contribution in [1.82, 2.24) is 9.97 Å². The Hall–Kier alpha value is -3.22.